The number of para-hydroxylation sites is 1. The van der Waals surface area contributed by atoms with E-state index in [1.54, 1.807) is 46.9 Å². The molecule has 1 atom stereocenters. The summed E-state index contributed by atoms with van der Waals surface area (Å²) in [6.45, 7) is -0.458. The Labute approximate surface area is 203 Å². The zero-order chi connectivity index (χ0) is 23.5. The number of nitrogens with zero attached hydrogens (tertiary/aromatic N) is 4. The number of thiophene rings is 2. The molecule has 172 valence electrons. The second-order valence-corrected chi connectivity index (χ2v) is 9.59. The summed E-state index contributed by atoms with van der Waals surface area (Å²) in [5.41, 5.74) is 1.51. The van der Waals surface area contributed by atoms with Gasteiger partial charge in [-0.2, -0.15) is 10.2 Å². The third-order valence-electron chi connectivity index (χ3n) is 5.44. The minimum absolute atomic E-state index is 0.107. The van der Waals surface area contributed by atoms with E-state index >= 15 is 0 Å². The largest absolute Gasteiger partial charge is 0.451 e. The van der Waals surface area contributed by atoms with Crippen molar-refractivity contribution in [2.45, 2.75) is 25.3 Å². The molecule has 1 unspecified atom stereocenters. The number of esters is 1. The molecule has 0 spiro atoms. The van der Waals surface area contributed by atoms with E-state index in [2.05, 4.69) is 10.2 Å². The van der Waals surface area contributed by atoms with E-state index in [-0.39, 0.29) is 30.5 Å². The van der Waals surface area contributed by atoms with E-state index in [4.69, 9.17) is 4.74 Å². The van der Waals surface area contributed by atoms with Crippen LogP contribution in [0.1, 0.15) is 35.1 Å². The zero-order valence-corrected chi connectivity index (χ0v) is 19.6. The van der Waals surface area contributed by atoms with E-state index < -0.39 is 18.5 Å². The molecule has 0 radical (unpaired) electrons. The van der Waals surface area contributed by atoms with Crippen molar-refractivity contribution in [3.8, 4) is 0 Å². The molecule has 1 aromatic carbocycles. The first-order valence-electron chi connectivity index (χ1n) is 10.7. The lowest BCUT2D eigenvalue weighted by molar-refractivity contribution is -0.148. The fraction of sp³-hybridized carbons (Fsp3) is 0.208. The highest BCUT2D eigenvalue weighted by Crippen LogP contribution is 2.36. The molecule has 34 heavy (non-hydrogen) atoms. The second-order valence-electron chi connectivity index (χ2n) is 7.66. The van der Waals surface area contributed by atoms with Gasteiger partial charge in [0.25, 0.3) is 5.91 Å². The molecule has 4 heterocycles. The van der Waals surface area contributed by atoms with Crippen LogP contribution in [0.2, 0.25) is 0 Å². The lowest BCUT2D eigenvalue weighted by Crippen LogP contribution is -2.36. The topological polar surface area (TPSA) is 91.6 Å². The summed E-state index contributed by atoms with van der Waals surface area (Å²) >= 11 is 3.13. The van der Waals surface area contributed by atoms with Crippen molar-refractivity contribution in [3.05, 3.63) is 75.1 Å². The summed E-state index contributed by atoms with van der Waals surface area (Å²) in [7, 11) is 0. The van der Waals surface area contributed by atoms with Crippen molar-refractivity contribution in [1.82, 2.24) is 5.01 Å². The van der Waals surface area contributed by atoms with Crippen LogP contribution in [0.25, 0.3) is 0 Å². The predicted molar refractivity (Wildman–Crippen MR) is 131 cm³/mol. The van der Waals surface area contributed by atoms with E-state index in [1.165, 1.54) is 10.0 Å². The summed E-state index contributed by atoms with van der Waals surface area (Å²) in [5.74, 6) is -1.33. The van der Waals surface area contributed by atoms with Gasteiger partial charge in [0.2, 0.25) is 5.91 Å². The number of hydrazone groups is 2. The van der Waals surface area contributed by atoms with E-state index in [1.807, 2.05) is 41.1 Å². The molecular weight excluding hydrogens is 472 g/mol. The molecule has 0 saturated carbocycles. The standard InChI is InChI=1S/C24H20N4O4S2/c29-22-11-10-17(25-27(22)16-6-2-1-3-7-16)24(31)32-15-23(30)28-19(21-9-5-13-34-21)14-18(26-28)20-8-4-12-33-20/h1-9,12-13,19H,10-11,14-15H2. The smallest absolute Gasteiger partial charge is 0.355 e. The van der Waals surface area contributed by atoms with Gasteiger partial charge in [-0.05, 0) is 35.0 Å². The lowest BCUT2D eigenvalue weighted by Gasteiger charge is -2.23. The number of anilines is 1. The number of amides is 2. The van der Waals surface area contributed by atoms with Crippen LogP contribution >= 0.6 is 22.7 Å². The maximum atomic E-state index is 13.0. The first-order chi connectivity index (χ1) is 16.6. The van der Waals surface area contributed by atoms with Crippen molar-refractivity contribution < 1.29 is 19.1 Å². The minimum atomic E-state index is -0.712. The van der Waals surface area contributed by atoms with Gasteiger partial charge in [0.05, 0.1) is 22.3 Å². The highest BCUT2D eigenvalue weighted by Gasteiger charge is 2.35. The Morgan fingerprint density at radius 1 is 0.971 bits per heavy atom. The SMILES string of the molecule is O=C(OCC(=O)N1N=C(c2cccs2)CC1c1cccs1)C1=NN(c2ccccc2)C(=O)CC1. The fourth-order valence-corrected chi connectivity index (χ4v) is 5.32. The lowest BCUT2D eigenvalue weighted by atomic mass is 10.1. The van der Waals surface area contributed by atoms with Gasteiger partial charge in [-0.1, -0.05) is 30.3 Å². The number of rotatable bonds is 6. The molecule has 2 aromatic heterocycles. The first-order valence-corrected chi connectivity index (χ1v) is 12.5. The summed E-state index contributed by atoms with van der Waals surface area (Å²) in [6.07, 6.45) is 0.900. The predicted octanol–water partition coefficient (Wildman–Crippen LogP) is 4.21. The molecule has 0 N–H and O–H groups in total. The molecule has 0 bridgehead atoms. The van der Waals surface area contributed by atoms with Gasteiger partial charge in [-0.15, -0.1) is 22.7 Å². The number of carbonyl (C=O) groups is 3. The van der Waals surface area contributed by atoms with E-state index in [0.29, 0.717) is 12.1 Å². The zero-order valence-electron chi connectivity index (χ0n) is 18.0. The summed E-state index contributed by atoms with van der Waals surface area (Å²) in [4.78, 5) is 40.0. The average Bonchev–Trinajstić information content (AvgIpc) is 3.64. The van der Waals surface area contributed by atoms with Gasteiger partial charge < -0.3 is 4.74 Å². The number of carbonyl (C=O) groups excluding carboxylic acids is 3. The Balaban J connectivity index is 1.29. The van der Waals surface area contributed by atoms with Crippen LogP contribution in [0.4, 0.5) is 5.69 Å². The molecule has 0 aliphatic carbocycles. The Morgan fingerprint density at radius 3 is 2.50 bits per heavy atom. The van der Waals surface area contributed by atoms with Crippen LogP contribution in [0, 0.1) is 0 Å². The van der Waals surface area contributed by atoms with Gasteiger partial charge in [0.15, 0.2) is 6.61 Å². The Bertz CT molecular complexity index is 1250. The van der Waals surface area contributed by atoms with Crippen molar-refractivity contribution in [1.29, 1.82) is 0 Å². The third kappa shape index (κ3) is 4.55. The van der Waals surface area contributed by atoms with Crippen LogP contribution in [-0.2, 0) is 19.1 Å². The molecule has 8 nitrogen and oxygen atoms in total. The van der Waals surface area contributed by atoms with Gasteiger partial charge in [0.1, 0.15) is 5.71 Å². The van der Waals surface area contributed by atoms with Gasteiger partial charge in [-0.3, -0.25) is 9.59 Å². The molecule has 0 fully saturated rings. The monoisotopic (exact) mass is 492 g/mol. The molecule has 2 aliphatic rings. The van der Waals surface area contributed by atoms with Crippen molar-refractivity contribution in [2.24, 2.45) is 10.2 Å². The van der Waals surface area contributed by atoms with E-state index in [9.17, 15) is 14.4 Å². The Hall–Kier alpha value is -3.63. The van der Waals surface area contributed by atoms with Crippen LogP contribution < -0.4 is 5.01 Å². The second kappa shape index (κ2) is 9.70. The molecule has 10 heteroatoms. The van der Waals surface area contributed by atoms with Crippen molar-refractivity contribution in [2.75, 3.05) is 11.6 Å². The number of ether oxygens (including phenoxy) is 1. The van der Waals surface area contributed by atoms with Crippen LogP contribution in [0.3, 0.4) is 0 Å². The van der Waals surface area contributed by atoms with Crippen molar-refractivity contribution >= 4 is 57.6 Å². The van der Waals surface area contributed by atoms with Gasteiger partial charge >= 0.3 is 5.97 Å². The highest BCUT2D eigenvalue weighted by molar-refractivity contribution is 7.12. The molecule has 5 rings (SSSR count). The Morgan fingerprint density at radius 2 is 1.76 bits per heavy atom. The number of hydrogen-bond donors (Lipinski definition) is 0. The van der Waals surface area contributed by atoms with E-state index in [0.717, 1.165) is 15.5 Å². The number of hydrogen-bond acceptors (Lipinski definition) is 8. The fourth-order valence-electron chi connectivity index (χ4n) is 3.78. The van der Waals surface area contributed by atoms with Crippen LogP contribution in [0.15, 0.2) is 75.6 Å². The minimum Gasteiger partial charge on any atom is -0.451 e. The summed E-state index contributed by atoms with van der Waals surface area (Å²) in [6, 6.07) is 16.5. The molecular formula is C24H20N4O4S2. The maximum absolute atomic E-state index is 13.0. The molecule has 0 saturated heterocycles. The third-order valence-corrected chi connectivity index (χ3v) is 7.33. The Kier molecular flexibility index (Phi) is 6.33. The molecule has 2 aliphatic heterocycles. The summed E-state index contributed by atoms with van der Waals surface area (Å²) in [5, 5.41) is 15.3. The quantitative estimate of drug-likeness (QED) is 0.482. The van der Waals surface area contributed by atoms with Crippen LogP contribution in [-0.4, -0.2) is 40.8 Å². The van der Waals surface area contributed by atoms with Crippen LogP contribution in [0.5, 0.6) is 0 Å². The van der Waals surface area contributed by atoms with Gasteiger partial charge in [0, 0.05) is 24.1 Å². The maximum Gasteiger partial charge on any atom is 0.355 e. The number of benzene rings is 1. The average molecular weight is 493 g/mol. The first kappa shape index (κ1) is 22.2. The summed E-state index contributed by atoms with van der Waals surface area (Å²) < 4.78 is 5.30. The highest BCUT2D eigenvalue weighted by atomic mass is 32.1. The normalized spacial score (nSPS) is 18.0. The van der Waals surface area contributed by atoms with Crippen molar-refractivity contribution in [3.63, 3.8) is 0 Å². The van der Waals surface area contributed by atoms with Gasteiger partial charge in [-0.25, -0.2) is 14.8 Å². The molecule has 3 aromatic rings. The molecule has 2 amide bonds.